The number of halogens is 3. The van der Waals surface area contributed by atoms with Gasteiger partial charge in [0.2, 0.25) is 5.91 Å². The molecule has 1 saturated heterocycles. The van der Waals surface area contributed by atoms with Crippen molar-refractivity contribution in [2.75, 3.05) is 11.4 Å². The van der Waals surface area contributed by atoms with Crippen LogP contribution in [0.15, 0.2) is 51.8 Å². The molecule has 4 rings (SSSR count). The van der Waals surface area contributed by atoms with Gasteiger partial charge in [0.15, 0.2) is 11.7 Å². The van der Waals surface area contributed by atoms with Crippen molar-refractivity contribution in [3.63, 3.8) is 0 Å². The minimum absolute atomic E-state index is 0.0554. The molecular formula is C23H19F3N4O6. The van der Waals surface area contributed by atoms with Gasteiger partial charge in [-0.15, -0.1) is 0 Å². The second kappa shape index (κ2) is 8.98. The monoisotopic (exact) mass is 504 g/mol. The van der Waals surface area contributed by atoms with Gasteiger partial charge >= 0.3 is 23.9 Å². The van der Waals surface area contributed by atoms with Gasteiger partial charge in [-0.3, -0.25) is 28.5 Å². The van der Waals surface area contributed by atoms with Gasteiger partial charge in [-0.25, -0.2) is 9.59 Å². The third-order valence-corrected chi connectivity index (χ3v) is 6.01. The normalized spacial score (nSPS) is 16.5. The molecular weight excluding hydrogens is 485 g/mol. The molecule has 0 radical (unpaired) electrons. The number of alkyl halides is 3. The zero-order valence-corrected chi connectivity index (χ0v) is 18.9. The van der Waals surface area contributed by atoms with Gasteiger partial charge < -0.3 is 5.11 Å². The van der Waals surface area contributed by atoms with Crippen LogP contribution < -0.4 is 10.7 Å². The Morgan fingerprint density at radius 1 is 1.14 bits per heavy atom. The van der Waals surface area contributed by atoms with Gasteiger partial charge in [0.25, 0.3) is 0 Å². The highest BCUT2D eigenvalue weighted by Gasteiger charge is 2.44. The molecule has 13 heteroatoms. The van der Waals surface area contributed by atoms with Crippen LogP contribution in [0.5, 0.6) is 0 Å². The first-order valence-corrected chi connectivity index (χ1v) is 10.5. The van der Waals surface area contributed by atoms with E-state index in [0.29, 0.717) is 10.5 Å². The Morgan fingerprint density at radius 3 is 2.36 bits per heavy atom. The maximum atomic E-state index is 13.3. The van der Waals surface area contributed by atoms with Gasteiger partial charge in [-0.05, 0) is 48.4 Å². The predicted octanol–water partition coefficient (Wildman–Crippen LogP) is 3.04. The molecule has 1 atom stereocenters. The number of imide groups is 1. The van der Waals surface area contributed by atoms with E-state index < -0.39 is 54.4 Å². The van der Waals surface area contributed by atoms with Crippen LogP contribution in [-0.2, 0) is 29.4 Å². The summed E-state index contributed by atoms with van der Waals surface area (Å²) in [6.45, 7) is 0.221. The Hall–Kier alpha value is -4.42. The zero-order valence-electron chi connectivity index (χ0n) is 18.9. The summed E-state index contributed by atoms with van der Waals surface area (Å²) in [5.74, 6) is -4.57. The van der Waals surface area contributed by atoms with Crippen LogP contribution in [0, 0.1) is 12.8 Å². The fourth-order valence-corrected chi connectivity index (χ4v) is 3.97. The molecule has 1 N–H and O–H groups in total. The van der Waals surface area contributed by atoms with Crippen molar-refractivity contribution in [1.29, 1.82) is 0 Å². The Bertz CT molecular complexity index is 1410. The van der Waals surface area contributed by atoms with Crippen LogP contribution in [0.4, 0.5) is 23.7 Å². The Labute approximate surface area is 201 Å². The summed E-state index contributed by atoms with van der Waals surface area (Å²) in [6.07, 6.45) is -4.64. The number of aromatic nitrogens is 2. The van der Waals surface area contributed by atoms with E-state index in [1.165, 1.54) is 48.9 Å². The number of hydrogen-bond acceptors (Lipinski definition) is 6. The van der Waals surface area contributed by atoms with E-state index in [4.69, 9.17) is 0 Å². The number of hydrogen-bond donors (Lipinski definition) is 1. The Morgan fingerprint density at radius 2 is 1.81 bits per heavy atom. The first-order chi connectivity index (χ1) is 16.9. The van der Waals surface area contributed by atoms with Crippen molar-refractivity contribution < 1.29 is 37.2 Å². The average Bonchev–Trinajstić information content (AvgIpc) is 3.15. The van der Waals surface area contributed by atoms with Crippen LogP contribution in [0.3, 0.4) is 0 Å². The molecule has 1 aliphatic heterocycles. The summed E-state index contributed by atoms with van der Waals surface area (Å²) in [6, 6.07) is 8.49. The maximum absolute atomic E-state index is 13.3. The summed E-state index contributed by atoms with van der Waals surface area (Å²) in [7, 11) is 1.45. The van der Waals surface area contributed by atoms with E-state index in [-0.39, 0.29) is 22.6 Å². The summed E-state index contributed by atoms with van der Waals surface area (Å²) < 4.78 is 45.7. The molecule has 3 amide bonds. The molecule has 36 heavy (non-hydrogen) atoms. The van der Waals surface area contributed by atoms with Crippen molar-refractivity contribution in [1.82, 2.24) is 14.6 Å². The number of carbonyl (C=O) groups excluding carboxylic acids is 2. The predicted molar refractivity (Wildman–Crippen MR) is 118 cm³/mol. The summed E-state index contributed by atoms with van der Waals surface area (Å²) in [5.41, 5.74) is -0.320. The van der Waals surface area contributed by atoms with Crippen LogP contribution in [0.25, 0.3) is 11.4 Å². The highest BCUT2D eigenvalue weighted by Crippen LogP contribution is 2.34. The number of urea groups is 1. The molecule has 1 aromatic heterocycles. The third kappa shape index (κ3) is 4.34. The Balaban J connectivity index is 1.68. The fourth-order valence-electron chi connectivity index (χ4n) is 3.97. The molecule has 3 aromatic rings. The van der Waals surface area contributed by atoms with Gasteiger partial charge in [0, 0.05) is 24.8 Å². The fraction of sp³-hybridized carbons (Fsp3) is 0.261. The van der Waals surface area contributed by atoms with Crippen molar-refractivity contribution in [2.24, 2.45) is 13.0 Å². The van der Waals surface area contributed by atoms with Crippen molar-refractivity contribution in [3.8, 4) is 11.4 Å². The Kier molecular flexibility index (Phi) is 6.16. The lowest BCUT2D eigenvalue weighted by molar-refractivity contribution is -0.150. The number of aliphatic carboxylic acids is 1. The second-order valence-corrected chi connectivity index (χ2v) is 8.17. The molecule has 0 aliphatic carbocycles. The molecule has 0 saturated carbocycles. The molecule has 2 aromatic carbocycles. The van der Waals surface area contributed by atoms with E-state index in [0.717, 1.165) is 17.0 Å². The molecule has 10 nitrogen and oxygen atoms in total. The SMILES string of the molecule is Cc1c(CN2C(=O)C(C(=O)O)CN(c3ccc(-c4noc(=O)n4C)cc3)C2=O)cccc1C(F)(F)F. The number of carboxylic acids is 1. The van der Waals surface area contributed by atoms with Gasteiger partial charge in [-0.2, -0.15) is 13.2 Å². The van der Waals surface area contributed by atoms with E-state index in [2.05, 4.69) is 9.68 Å². The molecule has 1 fully saturated rings. The second-order valence-electron chi connectivity index (χ2n) is 8.17. The summed E-state index contributed by atoms with van der Waals surface area (Å²) in [5, 5.41) is 13.3. The molecule has 2 heterocycles. The number of amides is 3. The quantitative estimate of drug-likeness (QED) is 0.530. The number of carboxylic acid groups (broad SMARTS) is 1. The number of nitrogens with zero attached hydrogens (tertiary/aromatic N) is 4. The number of rotatable bonds is 5. The molecule has 0 spiro atoms. The number of benzene rings is 2. The van der Waals surface area contributed by atoms with Crippen molar-refractivity contribution in [3.05, 3.63) is 69.7 Å². The highest BCUT2D eigenvalue weighted by atomic mass is 19.4. The number of anilines is 1. The third-order valence-electron chi connectivity index (χ3n) is 6.01. The first kappa shape index (κ1) is 24.7. The summed E-state index contributed by atoms with van der Waals surface area (Å²) in [4.78, 5) is 51.1. The molecule has 188 valence electrons. The van der Waals surface area contributed by atoms with Gasteiger partial charge in [-0.1, -0.05) is 17.3 Å². The van der Waals surface area contributed by atoms with E-state index in [1.54, 1.807) is 0 Å². The lowest BCUT2D eigenvalue weighted by Crippen LogP contribution is -2.58. The molecule has 0 bridgehead atoms. The first-order valence-electron chi connectivity index (χ1n) is 10.5. The van der Waals surface area contributed by atoms with Crippen LogP contribution in [0.1, 0.15) is 16.7 Å². The standard InChI is InChI=1S/C23H19F3N4O6/c1-12-14(4-3-5-17(12)23(24,25)26)10-30-19(31)16(20(32)33)11-29(21(30)34)15-8-6-13(7-9-15)18-27-36-22(35)28(18)2/h3-9,16H,10-11H2,1-2H3,(H,32,33). The smallest absolute Gasteiger partial charge is 0.441 e. The number of carbonyl (C=O) groups is 3. The maximum Gasteiger partial charge on any atom is 0.441 e. The average molecular weight is 504 g/mol. The molecule has 1 aliphatic rings. The van der Waals surface area contributed by atoms with Crippen LogP contribution in [0.2, 0.25) is 0 Å². The largest absolute Gasteiger partial charge is 0.481 e. The van der Waals surface area contributed by atoms with E-state index in [1.807, 2.05) is 0 Å². The zero-order chi connectivity index (χ0) is 26.4. The van der Waals surface area contributed by atoms with Crippen LogP contribution in [-0.4, -0.2) is 44.2 Å². The van der Waals surface area contributed by atoms with Crippen molar-refractivity contribution in [2.45, 2.75) is 19.6 Å². The van der Waals surface area contributed by atoms with Crippen LogP contribution >= 0.6 is 0 Å². The van der Waals surface area contributed by atoms with Gasteiger partial charge in [0.05, 0.1) is 12.1 Å². The molecule has 1 unspecified atom stereocenters. The van der Waals surface area contributed by atoms with Crippen molar-refractivity contribution >= 4 is 23.6 Å². The minimum Gasteiger partial charge on any atom is -0.481 e. The lowest BCUT2D eigenvalue weighted by atomic mass is 9.99. The van der Waals surface area contributed by atoms with Gasteiger partial charge in [0.1, 0.15) is 0 Å². The lowest BCUT2D eigenvalue weighted by Gasteiger charge is -2.37. The van der Waals surface area contributed by atoms with E-state index in [9.17, 15) is 37.5 Å². The van der Waals surface area contributed by atoms with E-state index >= 15 is 0 Å². The highest BCUT2D eigenvalue weighted by molar-refractivity contribution is 6.12. The summed E-state index contributed by atoms with van der Waals surface area (Å²) >= 11 is 0. The topological polar surface area (TPSA) is 126 Å². The minimum atomic E-state index is -4.64.